The molecule has 3 N–H and O–H groups in total. The van der Waals surface area contributed by atoms with Crippen LogP contribution in [0.4, 0.5) is 4.39 Å². The van der Waals surface area contributed by atoms with Crippen LogP contribution in [-0.4, -0.2) is 17.6 Å². The van der Waals surface area contributed by atoms with Crippen molar-refractivity contribution in [2.24, 2.45) is 5.73 Å². The van der Waals surface area contributed by atoms with Gasteiger partial charge < -0.3 is 15.6 Å². The van der Waals surface area contributed by atoms with Gasteiger partial charge in [0.15, 0.2) is 6.61 Å². The minimum absolute atomic E-state index is 0.182. The van der Waals surface area contributed by atoms with E-state index in [9.17, 15) is 9.18 Å². The van der Waals surface area contributed by atoms with Gasteiger partial charge in [-0.05, 0) is 19.1 Å². The SMILES string of the molecule is C[C@H](O)c1ccc(OCC(N)=O)cc1F. The van der Waals surface area contributed by atoms with E-state index in [2.05, 4.69) is 0 Å². The van der Waals surface area contributed by atoms with E-state index in [4.69, 9.17) is 15.6 Å². The normalized spacial score (nSPS) is 12.2. The first-order valence-electron chi connectivity index (χ1n) is 4.39. The number of rotatable bonds is 4. The van der Waals surface area contributed by atoms with Crippen LogP contribution < -0.4 is 10.5 Å². The predicted octanol–water partition coefficient (Wildman–Crippen LogP) is 0.743. The molecule has 0 aliphatic heterocycles. The van der Waals surface area contributed by atoms with Crippen LogP contribution in [-0.2, 0) is 4.79 Å². The second kappa shape index (κ2) is 4.75. The molecule has 4 nitrogen and oxygen atoms in total. The van der Waals surface area contributed by atoms with Crippen LogP contribution in [0.3, 0.4) is 0 Å². The number of primary amides is 1. The summed E-state index contributed by atoms with van der Waals surface area (Å²) in [4.78, 5) is 10.4. The zero-order valence-corrected chi connectivity index (χ0v) is 8.24. The number of benzene rings is 1. The maximum Gasteiger partial charge on any atom is 0.255 e. The number of aliphatic hydroxyl groups is 1. The van der Waals surface area contributed by atoms with Crippen molar-refractivity contribution in [3.8, 4) is 5.75 Å². The predicted molar refractivity (Wildman–Crippen MR) is 51.7 cm³/mol. The monoisotopic (exact) mass is 213 g/mol. The summed E-state index contributed by atoms with van der Waals surface area (Å²) in [7, 11) is 0. The van der Waals surface area contributed by atoms with Gasteiger partial charge in [0, 0.05) is 11.6 Å². The van der Waals surface area contributed by atoms with Gasteiger partial charge in [0.05, 0.1) is 6.10 Å². The van der Waals surface area contributed by atoms with Gasteiger partial charge in [-0.2, -0.15) is 0 Å². The quantitative estimate of drug-likeness (QED) is 0.774. The topological polar surface area (TPSA) is 72.6 Å². The third kappa shape index (κ3) is 3.21. The summed E-state index contributed by atoms with van der Waals surface area (Å²) in [5.74, 6) is -1.00. The number of ether oxygens (including phenoxy) is 1. The van der Waals surface area contributed by atoms with Crippen LogP contribution in [0.2, 0.25) is 0 Å². The van der Waals surface area contributed by atoms with Gasteiger partial charge in [-0.15, -0.1) is 0 Å². The molecule has 0 spiro atoms. The summed E-state index contributed by atoms with van der Waals surface area (Å²) in [6.45, 7) is 1.16. The Hall–Kier alpha value is -1.62. The molecule has 0 aromatic heterocycles. The van der Waals surface area contributed by atoms with Crippen molar-refractivity contribution < 1.29 is 19.0 Å². The fourth-order valence-corrected chi connectivity index (χ4v) is 1.09. The summed E-state index contributed by atoms with van der Waals surface area (Å²) >= 11 is 0. The second-order valence-corrected chi connectivity index (χ2v) is 3.11. The smallest absolute Gasteiger partial charge is 0.255 e. The highest BCUT2D eigenvalue weighted by Gasteiger charge is 2.09. The third-order valence-electron chi connectivity index (χ3n) is 1.80. The van der Waals surface area contributed by atoms with Crippen LogP contribution >= 0.6 is 0 Å². The van der Waals surface area contributed by atoms with Gasteiger partial charge in [-0.3, -0.25) is 4.79 Å². The van der Waals surface area contributed by atoms with E-state index in [1.165, 1.54) is 19.1 Å². The molecule has 82 valence electrons. The fourth-order valence-electron chi connectivity index (χ4n) is 1.09. The maximum absolute atomic E-state index is 13.3. The van der Waals surface area contributed by atoms with Gasteiger partial charge in [-0.1, -0.05) is 0 Å². The molecule has 0 radical (unpaired) electrons. The Bertz CT molecular complexity index is 366. The first-order chi connectivity index (χ1) is 7.00. The number of hydrogen-bond acceptors (Lipinski definition) is 3. The molecular formula is C10H12FNO3. The van der Waals surface area contributed by atoms with Crippen molar-refractivity contribution in [1.29, 1.82) is 0 Å². The number of hydrogen-bond donors (Lipinski definition) is 2. The first kappa shape index (κ1) is 11.5. The average molecular weight is 213 g/mol. The van der Waals surface area contributed by atoms with Crippen LogP contribution in [0.1, 0.15) is 18.6 Å². The van der Waals surface area contributed by atoms with Crippen molar-refractivity contribution in [3.63, 3.8) is 0 Å². The van der Waals surface area contributed by atoms with E-state index >= 15 is 0 Å². The largest absolute Gasteiger partial charge is 0.484 e. The van der Waals surface area contributed by atoms with Gasteiger partial charge in [0.2, 0.25) is 0 Å². The van der Waals surface area contributed by atoms with E-state index in [0.717, 1.165) is 6.07 Å². The van der Waals surface area contributed by atoms with Crippen LogP contribution in [0.25, 0.3) is 0 Å². The average Bonchev–Trinajstić information content (AvgIpc) is 2.14. The molecule has 0 heterocycles. The first-order valence-corrected chi connectivity index (χ1v) is 4.39. The molecule has 0 fully saturated rings. The number of aliphatic hydroxyl groups excluding tert-OH is 1. The second-order valence-electron chi connectivity index (χ2n) is 3.11. The summed E-state index contributed by atoms with van der Waals surface area (Å²) in [6, 6.07) is 3.97. The van der Waals surface area contributed by atoms with Gasteiger partial charge in [0.25, 0.3) is 5.91 Å². The minimum Gasteiger partial charge on any atom is -0.484 e. The zero-order valence-electron chi connectivity index (χ0n) is 8.24. The lowest BCUT2D eigenvalue weighted by atomic mass is 10.1. The van der Waals surface area contributed by atoms with Gasteiger partial charge >= 0.3 is 0 Å². The summed E-state index contributed by atoms with van der Waals surface area (Å²) in [5, 5.41) is 9.16. The van der Waals surface area contributed by atoms with E-state index in [0.29, 0.717) is 0 Å². The Balaban J connectivity index is 2.77. The van der Waals surface area contributed by atoms with Gasteiger partial charge in [0.1, 0.15) is 11.6 Å². The molecule has 15 heavy (non-hydrogen) atoms. The van der Waals surface area contributed by atoms with Gasteiger partial charge in [-0.25, -0.2) is 4.39 Å². The molecular weight excluding hydrogens is 201 g/mol. The molecule has 5 heteroatoms. The number of amides is 1. The van der Waals surface area contributed by atoms with E-state index in [1.807, 2.05) is 0 Å². The maximum atomic E-state index is 13.3. The fraction of sp³-hybridized carbons (Fsp3) is 0.300. The molecule has 1 aromatic rings. The lowest BCUT2D eigenvalue weighted by Crippen LogP contribution is -2.20. The summed E-state index contributed by atoms with van der Waals surface area (Å²) in [5.41, 5.74) is 5.04. The zero-order chi connectivity index (χ0) is 11.4. The molecule has 0 aliphatic carbocycles. The Morgan fingerprint density at radius 3 is 2.80 bits per heavy atom. The lowest BCUT2D eigenvalue weighted by Gasteiger charge is -2.08. The third-order valence-corrected chi connectivity index (χ3v) is 1.80. The van der Waals surface area contributed by atoms with Crippen molar-refractivity contribution >= 4 is 5.91 Å². The molecule has 1 rings (SSSR count). The summed E-state index contributed by atoms with van der Waals surface area (Å²) < 4.78 is 18.2. The van der Waals surface area contributed by atoms with Crippen molar-refractivity contribution in [1.82, 2.24) is 0 Å². The Morgan fingerprint density at radius 1 is 1.67 bits per heavy atom. The molecule has 1 atom stereocenters. The standard InChI is InChI=1S/C10H12FNO3/c1-6(13)8-3-2-7(4-9(8)11)15-5-10(12)14/h2-4,6,13H,5H2,1H3,(H2,12,14)/t6-/m0/s1. The molecule has 0 aliphatic rings. The van der Waals surface area contributed by atoms with Crippen molar-refractivity contribution in [3.05, 3.63) is 29.6 Å². The van der Waals surface area contributed by atoms with Crippen LogP contribution in [0.5, 0.6) is 5.75 Å². The number of carbonyl (C=O) groups excluding carboxylic acids is 1. The van der Waals surface area contributed by atoms with Crippen LogP contribution in [0.15, 0.2) is 18.2 Å². The molecule has 1 aromatic carbocycles. The lowest BCUT2D eigenvalue weighted by molar-refractivity contribution is -0.119. The van der Waals surface area contributed by atoms with Crippen molar-refractivity contribution in [2.75, 3.05) is 6.61 Å². The number of halogens is 1. The van der Waals surface area contributed by atoms with E-state index < -0.39 is 17.8 Å². The molecule has 1 amide bonds. The number of carbonyl (C=O) groups is 1. The molecule has 0 bridgehead atoms. The van der Waals surface area contributed by atoms with Crippen molar-refractivity contribution in [2.45, 2.75) is 13.0 Å². The van der Waals surface area contributed by atoms with Crippen LogP contribution in [0, 0.1) is 5.82 Å². The van der Waals surface area contributed by atoms with E-state index in [1.54, 1.807) is 0 Å². The molecule has 0 saturated carbocycles. The molecule has 0 unspecified atom stereocenters. The highest BCUT2D eigenvalue weighted by atomic mass is 19.1. The summed E-state index contributed by atoms with van der Waals surface area (Å²) in [6.07, 6.45) is -0.879. The Morgan fingerprint density at radius 2 is 2.33 bits per heavy atom. The minimum atomic E-state index is -0.879. The van der Waals surface area contributed by atoms with E-state index in [-0.39, 0.29) is 17.9 Å². The molecule has 0 saturated heterocycles. The highest BCUT2D eigenvalue weighted by molar-refractivity contribution is 5.75. The highest BCUT2D eigenvalue weighted by Crippen LogP contribution is 2.21. The Labute approximate surface area is 86.5 Å². The number of nitrogens with two attached hydrogens (primary N) is 1. The Kier molecular flexibility index (Phi) is 3.62.